The third-order valence-corrected chi connectivity index (χ3v) is 5.89. The zero-order chi connectivity index (χ0) is 22.5. The molecule has 1 fully saturated rings. The van der Waals surface area contributed by atoms with Crippen molar-refractivity contribution in [2.24, 2.45) is 5.92 Å². The molecule has 166 valence electrons. The average Bonchev–Trinajstić information content (AvgIpc) is 3.29. The van der Waals surface area contributed by atoms with Crippen molar-refractivity contribution in [3.63, 3.8) is 0 Å². The molecular formula is C24H26ClN5O2. The van der Waals surface area contributed by atoms with Crippen LogP contribution in [0.4, 0.5) is 10.5 Å². The Balaban J connectivity index is 1.31. The van der Waals surface area contributed by atoms with Gasteiger partial charge in [0.15, 0.2) is 5.69 Å². The highest BCUT2D eigenvalue weighted by molar-refractivity contribution is 6.32. The van der Waals surface area contributed by atoms with Crippen molar-refractivity contribution >= 4 is 29.2 Å². The van der Waals surface area contributed by atoms with Crippen LogP contribution < -0.4 is 10.6 Å². The molecule has 1 aliphatic heterocycles. The first-order chi connectivity index (χ1) is 15.5. The Labute approximate surface area is 192 Å². The highest BCUT2D eigenvalue weighted by Crippen LogP contribution is 2.21. The third kappa shape index (κ3) is 5.29. The van der Waals surface area contributed by atoms with Gasteiger partial charge < -0.3 is 15.5 Å². The van der Waals surface area contributed by atoms with Gasteiger partial charge in [-0.05, 0) is 56.0 Å². The lowest BCUT2D eigenvalue weighted by atomic mass is 9.98. The van der Waals surface area contributed by atoms with Gasteiger partial charge in [0, 0.05) is 31.5 Å². The minimum absolute atomic E-state index is 0.107. The Morgan fingerprint density at radius 2 is 1.91 bits per heavy atom. The summed E-state index contributed by atoms with van der Waals surface area (Å²) in [6, 6.07) is 16.5. The lowest BCUT2D eigenvalue weighted by molar-refractivity contribution is 0.0668. The van der Waals surface area contributed by atoms with E-state index < -0.39 is 0 Å². The number of halogens is 1. The van der Waals surface area contributed by atoms with Crippen molar-refractivity contribution in [2.75, 3.05) is 25.0 Å². The number of anilines is 1. The molecule has 4 rings (SSSR count). The quantitative estimate of drug-likeness (QED) is 0.599. The maximum atomic E-state index is 13.0. The number of urea groups is 1. The van der Waals surface area contributed by atoms with Crippen LogP contribution in [-0.2, 0) is 0 Å². The van der Waals surface area contributed by atoms with Gasteiger partial charge in [-0.2, -0.15) is 5.10 Å². The Morgan fingerprint density at radius 3 is 2.69 bits per heavy atom. The van der Waals surface area contributed by atoms with E-state index in [9.17, 15) is 9.59 Å². The molecule has 1 aromatic heterocycles. The van der Waals surface area contributed by atoms with Crippen LogP contribution in [0.2, 0.25) is 5.02 Å². The van der Waals surface area contributed by atoms with E-state index in [2.05, 4.69) is 15.7 Å². The number of amides is 3. The molecule has 8 heteroatoms. The van der Waals surface area contributed by atoms with Crippen LogP contribution in [-0.4, -0.2) is 46.3 Å². The topological polar surface area (TPSA) is 79.3 Å². The minimum atomic E-state index is -0.240. The van der Waals surface area contributed by atoms with Gasteiger partial charge >= 0.3 is 6.03 Å². The summed E-state index contributed by atoms with van der Waals surface area (Å²) in [7, 11) is 0. The lowest BCUT2D eigenvalue weighted by Gasteiger charge is -2.32. The lowest BCUT2D eigenvalue weighted by Crippen LogP contribution is -2.44. The first kappa shape index (κ1) is 21.9. The Kier molecular flexibility index (Phi) is 6.75. The van der Waals surface area contributed by atoms with Gasteiger partial charge in [0.05, 0.1) is 10.7 Å². The van der Waals surface area contributed by atoms with Gasteiger partial charge in [-0.3, -0.25) is 4.79 Å². The number of nitrogens with zero attached hydrogens (tertiary/aromatic N) is 3. The van der Waals surface area contributed by atoms with Gasteiger partial charge in [0.2, 0.25) is 0 Å². The van der Waals surface area contributed by atoms with Crippen molar-refractivity contribution < 1.29 is 9.59 Å². The molecule has 0 spiro atoms. The molecule has 0 saturated carbocycles. The Morgan fingerprint density at radius 1 is 1.12 bits per heavy atom. The number of carbonyl (C=O) groups is 2. The van der Waals surface area contributed by atoms with Crippen LogP contribution in [0.1, 0.15) is 28.9 Å². The molecule has 1 aliphatic rings. The summed E-state index contributed by atoms with van der Waals surface area (Å²) < 4.78 is 1.62. The number of likely N-dealkylation sites (tertiary alicyclic amines) is 1. The summed E-state index contributed by atoms with van der Waals surface area (Å²) in [5, 5.41) is 10.8. The van der Waals surface area contributed by atoms with Gasteiger partial charge in [-0.15, -0.1) is 0 Å². The molecule has 3 amide bonds. The number of para-hydroxylation sites is 1. The van der Waals surface area contributed by atoms with Crippen LogP contribution in [0, 0.1) is 12.8 Å². The molecule has 1 unspecified atom stereocenters. The maximum Gasteiger partial charge on any atom is 0.319 e. The fourth-order valence-corrected chi connectivity index (χ4v) is 4.06. The number of hydrogen-bond acceptors (Lipinski definition) is 3. The van der Waals surface area contributed by atoms with Gasteiger partial charge in [0.25, 0.3) is 5.91 Å². The number of piperidine rings is 1. The molecule has 32 heavy (non-hydrogen) atoms. The highest BCUT2D eigenvalue weighted by Gasteiger charge is 2.26. The highest BCUT2D eigenvalue weighted by atomic mass is 35.5. The van der Waals surface area contributed by atoms with Gasteiger partial charge in [-0.25, -0.2) is 9.48 Å². The zero-order valence-corrected chi connectivity index (χ0v) is 18.7. The Bertz CT molecular complexity index is 1100. The number of rotatable bonds is 5. The predicted molar refractivity (Wildman–Crippen MR) is 125 cm³/mol. The molecule has 0 aliphatic carbocycles. The summed E-state index contributed by atoms with van der Waals surface area (Å²) >= 11 is 6.24. The SMILES string of the molecule is Cc1ccc(NC(=O)NCC2CCCN(C(=O)c3ccn(-c4ccccc4Cl)n3)C2)cc1. The van der Waals surface area contributed by atoms with Crippen LogP contribution in [0.25, 0.3) is 5.69 Å². The zero-order valence-electron chi connectivity index (χ0n) is 17.9. The number of aromatic nitrogens is 2. The van der Waals surface area contributed by atoms with Crippen molar-refractivity contribution in [1.82, 2.24) is 20.0 Å². The summed E-state index contributed by atoms with van der Waals surface area (Å²) in [5.41, 5.74) is 3.01. The molecule has 3 aromatic rings. The van der Waals surface area contributed by atoms with Crippen molar-refractivity contribution in [1.29, 1.82) is 0 Å². The van der Waals surface area contributed by atoms with E-state index in [4.69, 9.17) is 11.6 Å². The van der Waals surface area contributed by atoms with E-state index in [1.54, 1.807) is 23.0 Å². The molecule has 7 nitrogen and oxygen atoms in total. The largest absolute Gasteiger partial charge is 0.338 e. The first-order valence-electron chi connectivity index (χ1n) is 10.7. The standard InChI is InChI=1S/C24H26ClN5O2/c1-17-8-10-19(11-9-17)27-24(32)26-15-18-5-4-13-29(16-18)23(31)21-12-14-30(28-21)22-7-3-2-6-20(22)25/h2-3,6-12,14,18H,4-5,13,15-16H2,1H3,(H2,26,27,32). The normalized spacial score (nSPS) is 15.9. The number of hydrogen-bond donors (Lipinski definition) is 2. The van der Waals surface area contributed by atoms with E-state index in [0.717, 1.165) is 29.8 Å². The van der Waals surface area contributed by atoms with Crippen LogP contribution in [0.5, 0.6) is 0 Å². The van der Waals surface area contributed by atoms with Crippen LogP contribution in [0.3, 0.4) is 0 Å². The molecular weight excluding hydrogens is 426 g/mol. The van der Waals surface area contributed by atoms with Crippen molar-refractivity contribution in [3.8, 4) is 5.69 Å². The van der Waals surface area contributed by atoms with E-state index in [1.165, 1.54) is 0 Å². The summed E-state index contributed by atoms with van der Waals surface area (Å²) in [6.45, 7) is 3.78. The smallest absolute Gasteiger partial charge is 0.319 e. The van der Waals surface area contributed by atoms with E-state index >= 15 is 0 Å². The molecule has 1 atom stereocenters. The summed E-state index contributed by atoms with van der Waals surface area (Å²) in [6.07, 6.45) is 3.60. The molecule has 2 aromatic carbocycles. The fraction of sp³-hybridized carbons (Fsp3) is 0.292. The first-order valence-corrected chi connectivity index (χ1v) is 11.1. The maximum absolute atomic E-state index is 13.0. The molecule has 1 saturated heterocycles. The monoisotopic (exact) mass is 451 g/mol. The van der Waals surface area contributed by atoms with Crippen molar-refractivity contribution in [3.05, 3.63) is 77.1 Å². The van der Waals surface area contributed by atoms with Gasteiger partial charge in [-0.1, -0.05) is 41.4 Å². The minimum Gasteiger partial charge on any atom is -0.338 e. The van der Waals surface area contributed by atoms with E-state index in [0.29, 0.717) is 30.4 Å². The molecule has 0 bridgehead atoms. The third-order valence-electron chi connectivity index (χ3n) is 5.57. The van der Waals surface area contributed by atoms with Gasteiger partial charge in [0.1, 0.15) is 0 Å². The van der Waals surface area contributed by atoms with E-state index in [-0.39, 0.29) is 17.9 Å². The number of benzene rings is 2. The summed E-state index contributed by atoms with van der Waals surface area (Å²) in [4.78, 5) is 27.0. The number of carbonyl (C=O) groups excluding carboxylic acids is 2. The average molecular weight is 452 g/mol. The molecule has 0 radical (unpaired) electrons. The second kappa shape index (κ2) is 9.87. The second-order valence-electron chi connectivity index (χ2n) is 8.06. The predicted octanol–water partition coefficient (Wildman–Crippen LogP) is 4.51. The Hall–Kier alpha value is -3.32. The molecule has 2 heterocycles. The fourth-order valence-electron chi connectivity index (χ4n) is 3.84. The van der Waals surface area contributed by atoms with Crippen LogP contribution in [0.15, 0.2) is 60.8 Å². The van der Waals surface area contributed by atoms with Crippen molar-refractivity contribution in [2.45, 2.75) is 19.8 Å². The summed E-state index contributed by atoms with van der Waals surface area (Å²) in [5.74, 6) is 0.0896. The van der Waals surface area contributed by atoms with Crippen LogP contribution >= 0.6 is 11.6 Å². The number of nitrogens with one attached hydrogen (secondary N) is 2. The molecule has 2 N–H and O–H groups in total. The number of aryl methyl sites for hydroxylation is 1. The second-order valence-corrected chi connectivity index (χ2v) is 8.46. The van der Waals surface area contributed by atoms with E-state index in [1.807, 2.05) is 54.3 Å².